The average molecular weight is 367 g/mol. The number of nitrogens with two attached hydrogens (primary N) is 1. The van der Waals surface area contributed by atoms with E-state index in [9.17, 15) is 4.79 Å². The predicted molar refractivity (Wildman–Crippen MR) is 89.4 cm³/mol. The normalized spacial score (nSPS) is 25.0. The molecule has 0 bridgehead atoms. The third kappa shape index (κ3) is 3.36. The average Bonchev–Trinajstić information content (AvgIpc) is 2.55. The maximum atomic E-state index is 12.9. The Hall–Kier alpha value is -0.910. The molecule has 3 rings (SSSR count). The van der Waals surface area contributed by atoms with Gasteiger partial charge in [-0.1, -0.05) is 47.3 Å². The van der Waals surface area contributed by atoms with Crippen molar-refractivity contribution in [3.8, 4) is 0 Å². The quantitative estimate of drug-likeness (QED) is 0.874. The molecule has 1 aliphatic carbocycles. The lowest BCUT2D eigenvalue weighted by atomic mass is 9.81. The molecule has 1 aromatic carbocycles. The Bertz CT molecular complexity index is 543. The second kappa shape index (κ2) is 6.69. The molecule has 0 radical (unpaired) electrons. The second-order valence-corrected chi connectivity index (χ2v) is 7.30. The summed E-state index contributed by atoms with van der Waals surface area (Å²) in [6.07, 6.45) is 4.86. The van der Waals surface area contributed by atoms with Crippen LogP contribution in [0.3, 0.4) is 0 Å². The summed E-state index contributed by atoms with van der Waals surface area (Å²) >= 11 is 3.49. The van der Waals surface area contributed by atoms with Gasteiger partial charge in [0.05, 0.1) is 18.7 Å². The van der Waals surface area contributed by atoms with Crippen LogP contribution in [0, 0.1) is 0 Å². The predicted octanol–water partition coefficient (Wildman–Crippen LogP) is 3.01. The molecule has 1 unspecified atom stereocenters. The van der Waals surface area contributed by atoms with E-state index >= 15 is 0 Å². The molecular weight excluding hydrogens is 344 g/mol. The van der Waals surface area contributed by atoms with Gasteiger partial charge in [0.25, 0.3) is 0 Å². The Morgan fingerprint density at radius 1 is 1.32 bits per heavy atom. The van der Waals surface area contributed by atoms with Crippen molar-refractivity contribution in [1.29, 1.82) is 0 Å². The molecule has 1 heterocycles. The van der Waals surface area contributed by atoms with E-state index in [1.54, 1.807) is 0 Å². The highest BCUT2D eigenvalue weighted by atomic mass is 79.9. The van der Waals surface area contributed by atoms with E-state index in [1.165, 1.54) is 6.42 Å². The van der Waals surface area contributed by atoms with Gasteiger partial charge < -0.3 is 15.4 Å². The van der Waals surface area contributed by atoms with Crippen LogP contribution >= 0.6 is 15.9 Å². The van der Waals surface area contributed by atoms with Crippen LogP contribution in [-0.2, 0) is 9.53 Å². The Labute approximate surface area is 140 Å². The van der Waals surface area contributed by atoms with Crippen LogP contribution in [0.2, 0.25) is 0 Å². The molecule has 1 saturated carbocycles. The van der Waals surface area contributed by atoms with Crippen molar-refractivity contribution < 1.29 is 9.53 Å². The molecule has 1 atom stereocenters. The van der Waals surface area contributed by atoms with Crippen LogP contribution in [-0.4, -0.2) is 36.0 Å². The molecule has 5 heteroatoms. The van der Waals surface area contributed by atoms with Gasteiger partial charge in [0, 0.05) is 11.0 Å². The SMILES string of the molecule is NC1(C(=O)N2CCOC(c3cccc(Br)c3)C2)CCCCC1. The number of halogens is 1. The minimum atomic E-state index is -0.655. The Morgan fingerprint density at radius 2 is 2.09 bits per heavy atom. The molecule has 0 aromatic heterocycles. The monoisotopic (exact) mass is 366 g/mol. The van der Waals surface area contributed by atoms with Gasteiger partial charge in [-0.25, -0.2) is 0 Å². The first-order valence-corrected chi connectivity index (χ1v) is 8.83. The summed E-state index contributed by atoms with van der Waals surface area (Å²) in [6.45, 7) is 1.80. The molecule has 4 nitrogen and oxygen atoms in total. The molecule has 2 fully saturated rings. The van der Waals surface area contributed by atoms with Gasteiger partial charge >= 0.3 is 0 Å². The van der Waals surface area contributed by atoms with E-state index < -0.39 is 5.54 Å². The molecule has 1 aliphatic heterocycles. The summed E-state index contributed by atoms with van der Waals surface area (Å²) in [4.78, 5) is 14.8. The lowest BCUT2D eigenvalue weighted by Crippen LogP contribution is -2.58. The number of hydrogen-bond donors (Lipinski definition) is 1. The summed E-state index contributed by atoms with van der Waals surface area (Å²) in [5.74, 6) is 0.107. The third-order valence-corrected chi connectivity index (χ3v) is 5.24. The fraction of sp³-hybridized carbons (Fsp3) is 0.588. The number of nitrogens with zero attached hydrogens (tertiary/aromatic N) is 1. The lowest BCUT2D eigenvalue weighted by molar-refractivity contribution is -0.146. The highest BCUT2D eigenvalue weighted by Gasteiger charge is 2.40. The van der Waals surface area contributed by atoms with E-state index in [1.807, 2.05) is 23.1 Å². The molecule has 2 aliphatic rings. The van der Waals surface area contributed by atoms with E-state index in [4.69, 9.17) is 10.5 Å². The standard InChI is InChI=1S/C17H23BrN2O2/c18-14-6-4-5-13(11-14)15-12-20(9-10-22-15)16(21)17(19)7-2-1-3-8-17/h4-6,11,15H,1-3,7-10,12,19H2. The van der Waals surface area contributed by atoms with Crippen LogP contribution in [0.25, 0.3) is 0 Å². The Morgan fingerprint density at radius 3 is 2.82 bits per heavy atom. The van der Waals surface area contributed by atoms with Crippen molar-refractivity contribution in [2.24, 2.45) is 5.73 Å². The second-order valence-electron chi connectivity index (χ2n) is 6.38. The number of amides is 1. The largest absolute Gasteiger partial charge is 0.370 e. The number of ether oxygens (including phenoxy) is 1. The summed E-state index contributed by atoms with van der Waals surface area (Å²) < 4.78 is 6.89. The number of morpholine rings is 1. The van der Waals surface area contributed by atoms with Crippen LogP contribution in [0.1, 0.15) is 43.8 Å². The molecule has 22 heavy (non-hydrogen) atoms. The van der Waals surface area contributed by atoms with Gasteiger partial charge in [0.15, 0.2) is 0 Å². The highest BCUT2D eigenvalue weighted by molar-refractivity contribution is 9.10. The molecule has 2 N–H and O–H groups in total. The zero-order valence-electron chi connectivity index (χ0n) is 12.8. The van der Waals surface area contributed by atoms with E-state index in [0.29, 0.717) is 19.7 Å². The smallest absolute Gasteiger partial charge is 0.242 e. The highest BCUT2D eigenvalue weighted by Crippen LogP contribution is 2.30. The minimum absolute atomic E-state index is 0.0672. The summed E-state index contributed by atoms with van der Waals surface area (Å²) in [5.41, 5.74) is 6.85. The van der Waals surface area contributed by atoms with E-state index in [2.05, 4.69) is 22.0 Å². The van der Waals surface area contributed by atoms with Crippen molar-refractivity contribution in [3.63, 3.8) is 0 Å². The fourth-order valence-electron chi connectivity index (χ4n) is 3.45. The molecule has 120 valence electrons. The molecule has 0 spiro atoms. The third-order valence-electron chi connectivity index (χ3n) is 4.75. The maximum Gasteiger partial charge on any atom is 0.242 e. The van der Waals surface area contributed by atoms with Crippen LogP contribution in [0.15, 0.2) is 28.7 Å². The molecule has 1 aromatic rings. The van der Waals surface area contributed by atoms with Crippen molar-refractivity contribution in [3.05, 3.63) is 34.3 Å². The Balaban J connectivity index is 1.71. The molecule has 1 amide bonds. The van der Waals surface area contributed by atoms with Gasteiger partial charge in [0.2, 0.25) is 5.91 Å². The zero-order valence-corrected chi connectivity index (χ0v) is 14.3. The number of carbonyl (C=O) groups excluding carboxylic acids is 1. The van der Waals surface area contributed by atoms with Gasteiger partial charge in [-0.2, -0.15) is 0 Å². The van der Waals surface area contributed by atoms with Crippen molar-refractivity contribution >= 4 is 21.8 Å². The van der Waals surface area contributed by atoms with Gasteiger partial charge in [-0.05, 0) is 30.5 Å². The molecular formula is C17H23BrN2O2. The number of hydrogen-bond acceptors (Lipinski definition) is 3. The zero-order chi connectivity index (χ0) is 15.6. The van der Waals surface area contributed by atoms with Crippen molar-refractivity contribution in [1.82, 2.24) is 4.90 Å². The number of rotatable bonds is 2. The first-order valence-electron chi connectivity index (χ1n) is 8.04. The minimum Gasteiger partial charge on any atom is -0.370 e. The lowest BCUT2D eigenvalue weighted by Gasteiger charge is -2.40. The summed E-state index contributed by atoms with van der Waals surface area (Å²) in [6, 6.07) is 8.08. The van der Waals surface area contributed by atoms with Crippen molar-refractivity contribution in [2.45, 2.75) is 43.7 Å². The van der Waals surface area contributed by atoms with Gasteiger partial charge in [0.1, 0.15) is 6.10 Å². The summed E-state index contributed by atoms with van der Waals surface area (Å²) in [5, 5.41) is 0. The van der Waals surface area contributed by atoms with E-state index in [0.717, 1.165) is 35.7 Å². The number of benzene rings is 1. The van der Waals surface area contributed by atoms with Gasteiger partial charge in [-0.15, -0.1) is 0 Å². The first kappa shape index (κ1) is 16.0. The van der Waals surface area contributed by atoms with Crippen LogP contribution in [0.5, 0.6) is 0 Å². The fourth-order valence-corrected chi connectivity index (χ4v) is 3.87. The molecule has 1 saturated heterocycles. The van der Waals surface area contributed by atoms with Gasteiger partial charge in [-0.3, -0.25) is 4.79 Å². The van der Waals surface area contributed by atoms with Crippen molar-refractivity contribution in [2.75, 3.05) is 19.7 Å². The maximum absolute atomic E-state index is 12.9. The van der Waals surface area contributed by atoms with E-state index in [-0.39, 0.29) is 12.0 Å². The van der Waals surface area contributed by atoms with Crippen LogP contribution < -0.4 is 5.73 Å². The first-order chi connectivity index (χ1) is 10.6. The number of carbonyl (C=O) groups is 1. The topological polar surface area (TPSA) is 55.6 Å². The van der Waals surface area contributed by atoms with Crippen LogP contribution in [0.4, 0.5) is 0 Å². The Kier molecular flexibility index (Phi) is 4.85. The summed E-state index contributed by atoms with van der Waals surface area (Å²) in [7, 11) is 0.